The molecule has 0 saturated heterocycles. The topological polar surface area (TPSA) is 146 Å². The fourth-order valence-electron chi connectivity index (χ4n) is 2.74. The van der Waals surface area contributed by atoms with E-state index < -0.39 is 0 Å². The fraction of sp³-hybridized carbons (Fsp3) is 0.333. The Kier molecular flexibility index (Phi) is 7.39. The van der Waals surface area contributed by atoms with Crippen molar-refractivity contribution in [1.82, 2.24) is 20.0 Å². The van der Waals surface area contributed by atoms with Gasteiger partial charge in [0.2, 0.25) is 0 Å². The molecule has 1 atom stereocenters. The Morgan fingerprint density at radius 3 is 2.31 bits per heavy atom. The van der Waals surface area contributed by atoms with Crippen molar-refractivity contribution in [3.63, 3.8) is 0 Å². The first-order chi connectivity index (χ1) is 13.9. The number of nitrogen functional groups attached to an aromatic ring is 2. The summed E-state index contributed by atoms with van der Waals surface area (Å²) in [4.78, 5) is 0. The van der Waals surface area contributed by atoms with Crippen molar-refractivity contribution in [1.29, 1.82) is 10.5 Å². The van der Waals surface area contributed by atoms with Crippen molar-refractivity contribution in [2.75, 3.05) is 11.5 Å². The number of rotatable bonds is 5. The number of nitrogens with one attached hydrogen (secondary N) is 1. The molecule has 0 spiro atoms. The zero-order valence-corrected chi connectivity index (χ0v) is 16.9. The summed E-state index contributed by atoms with van der Waals surface area (Å²) in [5.74, 6) is 1.31. The van der Waals surface area contributed by atoms with Gasteiger partial charge < -0.3 is 11.5 Å². The first kappa shape index (κ1) is 21.5. The lowest BCUT2D eigenvalue weighted by molar-refractivity contribution is 0.488. The van der Waals surface area contributed by atoms with E-state index in [1.54, 1.807) is 10.9 Å². The van der Waals surface area contributed by atoms with Gasteiger partial charge in [0.1, 0.15) is 23.3 Å². The second-order valence-electron chi connectivity index (χ2n) is 7.13. The van der Waals surface area contributed by atoms with E-state index in [1.807, 2.05) is 43.3 Å². The summed E-state index contributed by atoms with van der Waals surface area (Å²) in [5, 5.41) is 28.3. The minimum absolute atomic E-state index is 0.0839. The molecule has 150 valence electrons. The Balaban J connectivity index is 0.000000212. The minimum atomic E-state index is 0.0839. The van der Waals surface area contributed by atoms with Crippen LogP contribution in [0.3, 0.4) is 0 Å². The highest BCUT2D eigenvalue weighted by atomic mass is 15.3. The van der Waals surface area contributed by atoms with Crippen LogP contribution in [0.1, 0.15) is 55.5 Å². The quantitative estimate of drug-likeness (QED) is 0.608. The fourth-order valence-corrected chi connectivity index (χ4v) is 2.74. The van der Waals surface area contributed by atoms with Crippen LogP contribution in [0, 0.1) is 28.6 Å². The molecule has 1 unspecified atom stereocenters. The minimum Gasteiger partial charge on any atom is -0.381 e. The van der Waals surface area contributed by atoms with E-state index in [9.17, 15) is 0 Å². The molecule has 0 aliphatic rings. The normalized spacial score (nSPS) is 11.2. The average Bonchev–Trinajstić information content (AvgIpc) is 3.28. The van der Waals surface area contributed by atoms with Crippen LogP contribution < -0.4 is 11.5 Å². The lowest BCUT2D eigenvalue weighted by atomic mass is 9.95. The summed E-state index contributed by atoms with van der Waals surface area (Å²) in [6, 6.07) is 14.0. The number of benzene rings is 1. The van der Waals surface area contributed by atoms with Gasteiger partial charge >= 0.3 is 0 Å². The lowest BCUT2D eigenvalue weighted by Gasteiger charge is -2.09. The molecule has 3 rings (SSSR count). The van der Waals surface area contributed by atoms with Gasteiger partial charge in [-0.2, -0.15) is 20.7 Å². The number of H-pyrrole nitrogens is 1. The van der Waals surface area contributed by atoms with Crippen molar-refractivity contribution >= 4 is 11.6 Å². The number of nitrogens with zero attached hydrogens (tertiary/aromatic N) is 5. The molecule has 2 heterocycles. The molecule has 29 heavy (non-hydrogen) atoms. The highest BCUT2D eigenvalue weighted by Crippen LogP contribution is 2.26. The Hall–Kier alpha value is -3.78. The summed E-state index contributed by atoms with van der Waals surface area (Å²) in [6.45, 7) is 7.14. The highest BCUT2D eigenvalue weighted by molar-refractivity contribution is 5.53. The van der Waals surface area contributed by atoms with Gasteiger partial charge in [-0.05, 0) is 17.9 Å². The van der Waals surface area contributed by atoms with Gasteiger partial charge in [0, 0.05) is 18.7 Å². The first-order valence-electron chi connectivity index (χ1n) is 9.39. The molecule has 5 N–H and O–H groups in total. The standard InChI is InChI=1S/C12H12N4.C9H14N4/c1-8(9-5-3-2-4-6-9)11-10(7-13)12(14)16-15-11;1-7(2)3-4-13-6-8(5-10)9(11)12-13/h2-6,8H,1H3,(H3,14,15,16);6-7H,3-4H2,1-2H3,(H2,11,12). The zero-order chi connectivity index (χ0) is 21.4. The second-order valence-corrected chi connectivity index (χ2v) is 7.13. The van der Waals surface area contributed by atoms with E-state index >= 15 is 0 Å². The van der Waals surface area contributed by atoms with Gasteiger partial charge in [0.25, 0.3) is 0 Å². The molecule has 0 amide bonds. The van der Waals surface area contributed by atoms with Crippen LogP contribution in [0.15, 0.2) is 36.5 Å². The van der Waals surface area contributed by atoms with Crippen LogP contribution in [0.5, 0.6) is 0 Å². The monoisotopic (exact) mass is 390 g/mol. The first-order valence-corrected chi connectivity index (χ1v) is 9.39. The number of hydrogen-bond acceptors (Lipinski definition) is 6. The van der Waals surface area contributed by atoms with Crippen molar-refractivity contribution in [2.24, 2.45) is 5.92 Å². The molecule has 1 aromatic carbocycles. The maximum Gasteiger partial charge on any atom is 0.163 e. The summed E-state index contributed by atoms with van der Waals surface area (Å²) >= 11 is 0. The van der Waals surface area contributed by atoms with Gasteiger partial charge in [-0.15, -0.1) is 0 Å². The van der Waals surface area contributed by atoms with E-state index in [2.05, 4.69) is 35.2 Å². The van der Waals surface area contributed by atoms with Crippen LogP contribution >= 0.6 is 0 Å². The third-order valence-corrected chi connectivity index (χ3v) is 4.51. The predicted molar refractivity (Wildman–Crippen MR) is 112 cm³/mol. The van der Waals surface area contributed by atoms with E-state index in [1.165, 1.54) is 0 Å². The molecule has 3 aromatic rings. The molecule has 2 aromatic heterocycles. The lowest BCUT2D eigenvalue weighted by Crippen LogP contribution is -2.02. The van der Waals surface area contributed by atoms with Crippen LogP contribution in [0.25, 0.3) is 0 Å². The number of anilines is 2. The predicted octanol–water partition coefficient (Wildman–Crippen LogP) is 3.40. The van der Waals surface area contributed by atoms with Gasteiger partial charge in [0.15, 0.2) is 11.6 Å². The molecule has 8 nitrogen and oxygen atoms in total. The number of aryl methyl sites for hydroxylation is 1. The number of nitrogens with two attached hydrogens (primary N) is 2. The smallest absolute Gasteiger partial charge is 0.163 e. The molecule has 0 aliphatic carbocycles. The SMILES string of the molecule is CC(C)CCn1cc(C#N)c(N)n1.CC(c1ccccc1)c1[nH]nc(N)c1C#N. The number of aromatic amines is 1. The molecule has 0 bridgehead atoms. The summed E-state index contributed by atoms with van der Waals surface area (Å²) in [5.41, 5.74) is 13.9. The largest absolute Gasteiger partial charge is 0.381 e. The van der Waals surface area contributed by atoms with E-state index in [0.717, 1.165) is 24.2 Å². The number of nitriles is 2. The molecule has 0 aliphatic heterocycles. The molecule has 0 saturated carbocycles. The van der Waals surface area contributed by atoms with Crippen LogP contribution in [-0.4, -0.2) is 20.0 Å². The average molecular weight is 390 g/mol. The van der Waals surface area contributed by atoms with Gasteiger partial charge in [-0.1, -0.05) is 51.1 Å². The number of aromatic nitrogens is 4. The van der Waals surface area contributed by atoms with Gasteiger partial charge in [-0.25, -0.2) is 0 Å². The van der Waals surface area contributed by atoms with Gasteiger partial charge in [0.05, 0.1) is 5.69 Å². The third kappa shape index (κ3) is 5.60. The highest BCUT2D eigenvalue weighted by Gasteiger charge is 2.17. The third-order valence-electron chi connectivity index (χ3n) is 4.51. The number of hydrogen-bond donors (Lipinski definition) is 3. The van der Waals surface area contributed by atoms with Crippen LogP contribution in [0.2, 0.25) is 0 Å². The van der Waals surface area contributed by atoms with Crippen molar-refractivity contribution in [3.8, 4) is 12.1 Å². The molecule has 8 heteroatoms. The Labute approximate surface area is 170 Å². The van der Waals surface area contributed by atoms with Crippen molar-refractivity contribution in [3.05, 3.63) is 58.9 Å². The van der Waals surface area contributed by atoms with E-state index in [0.29, 0.717) is 22.9 Å². The van der Waals surface area contributed by atoms with E-state index in [4.69, 9.17) is 22.0 Å². The van der Waals surface area contributed by atoms with Gasteiger partial charge in [-0.3, -0.25) is 9.78 Å². The van der Waals surface area contributed by atoms with Crippen molar-refractivity contribution in [2.45, 2.75) is 39.7 Å². The summed E-state index contributed by atoms with van der Waals surface area (Å²) in [6.07, 6.45) is 2.74. The zero-order valence-electron chi connectivity index (χ0n) is 16.9. The molecular weight excluding hydrogens is 364 g/mol. The molecule has 0 radical (unpaired) electrons. The Bertz CT molecular complexity index is 1000. The maximum absolute atomic E-state index is 8.99. The van der Waals surface area contributed by atoms with E-state index in [-0.39, 0.29) is 11.7 Å². The summed E-state index contributed by atoms with van der Waals surface area (Å²) in [7, 11) is 0. The Morgan fingerprint density at radius 2 is 1.76 bits per heavy atom. The molecular formula is C21H26N8. The second kappa shape index (κ2) is 9.95. The summed E-state index contributed by atoms with van der Waals surface area (Å²) < 4.78 is 1.73. The van der Waals surface area contributed by atoms with Crippen molar-refractivity contribution < 1.29 is 0 Å². The molecule has 0 fully saturated rings. The maximum atomic E-state index is 8.99. The Morgan fingerprint density at radius 1 is 1.07 bits per heavy atom. The van der Waals surface area contributed by atoms with Crippen LogP contribution in [0.4, 0.5) is 11.6 Å². The van der Waals surface area contributed by atoms with Crippen LogP contribution in [-0.2, 0) is 6.54 Å².